The summed E-state index contributed by atoms with van der Waals surface area (Å²) in [7, 11) is 0. The Bertz CT molecular complexity index is 473. The number of benzene rings is 1. The summed E-state index contributed by atoms with van der Waals surface area (Å²) in [6.07, 6.45) is -0.286. The third-order valence-electron chi connectivity index (χ3n) is 1.80. The van der Waals surface area contributed by atoms with Crippen molar-refractivity contribution in [3.8, 4) is 11.8 Å². The Labute approximate surface area is 105 Å². The molecule has 1 aromatic rings. The second kappa shape index (κ2) is 6.97. The molecule has 0 spiro atoms. The molecule has 1 heterocycles. The van der Waals surface area contributed by atoms with Crippen molar-refractivity contribution < 1.29 is 19.2 Å². The minimum absolute atomic E-state index is 0.286. The topological polar surface area (TPSA) is 58.9 Å². The highest BCUT2D eigenvalue weighted by atomic mass is 16.9. The number of anilines is 1. The normalized spacial score (nSPS) is 11.2. The lowest BCUT2D eigenvalue weighted by atomic mass is 10.3. The molecular weight excluding hydrogens is 234 g/mol. The van der Waals surface area contributed by atoms with E-state index in [0.29, 0.717) is 6.61 Å². The Hall–Kier alpha value is -2.48. The Morgan fingerprint density at radius 1 is 1.39 bits per heavy atom. The van der Waals surface area contributed by atoms with Gasteiger partial charge in [0.2, 0.25) is 0 Å². The largest absolute Gasteiger partial charge is 0.473 e. The maximum absolute atomic E-state index is 10.4. The zero-order valence-electron chi connectivity index (χ0n) is 10.2. The smallest absolute Gasteiger partial charge is 0.456 e. The molecule has 1 amide bonds. The summed E-state index contributed by atoms with van der Waals surface area (Å²) in [5, 5.41) is 1.24. The van der Waals surface area contributed by atoms with Gasteiger partial charge in [0.05, 0.1) is 12.3 Å². The van der Waals surface area contributed by atoms with Gasteiger partial charge in [0.1, 0.15) is 0 Å². The van der Waals surface area contributed by atoms with Crippen molar-refractivity contribution in [2.24, 2.45) is 0 Å². The average Bonchev–Trinajstić information content (AvgIpc) is 3.09. The number of para-hydroxylation sites is 1. The predicted octanol–water partition coefficient (Wildman–Crippen LogP) is 2.13. The lowest BCUT2D eigenvalue weighted by molar-refractivity contribution is -0.136. The van der Waals surface area contributed by atoms with Crippen LogP contribution in [0.2, 0.25) is 0 Å². The lowest BCUT2D eigenvalue weighted by Crippen LogP contribution is -1.98. The summed E-state index contributed by atoms with van der Waals surface area (Å²) >= 11 is 0. The highest BCUT2D eigenvalue weighted by Crippen LogP contribution is 2.23. The van der Waals surface area contributed by atoms with Crippen LogP contribution in [0.3, 0.4) is 0 Å². The van der Waals surface area contributed by atoms with Gasteiger partial charge < -0.3 is 9.57 Å². The van der Waals surface area contributed by atoms with E-state index in [4.69, 9.17) is 0 Å². The van der Waals surface area contributed by atoms with Crippen LogP contribution in [0.5, 0.6) is 0 Å². The number of hydrogen-bond donors (Lipinski definition) is 0. The van der Waals surface area contributed by atoms with Crippen molar-refractivity contribution >= 4 is 17.7 Å². The summed E-state index contributed by atoms with van der Waals surface area (Å²) in [4.78, 5) is 25.1. The SMILES string of the molecule is CC#CC(=O)OCC.O=C1ON1c1ccccc1. The van der Waals surface area contributed by atoms with E-state index in [1.807, 2.05) is 30.3 Å². The molecule has 5 heteroatoms. The molecule has 0 aliphatic carbocycles. The minimum Gasteiger partial charge on any atom is -0.456 e. The Morgan fingerprint density at radius 2 is 2.00 bits per heavy atom. The summed E-state index contributed by atoms with van der Waals surface area (Å²) in [5.41, 5.74) is 0.785. The molecule has 0 atom stereocenters. The van der Waals surface area contributed by atoms with E-state index in [9.17, 15) is 9.59 Å². The maximum Gasteiger partial charge on any atom is 0.473 e. The fraction of sp³-hybridized carbons (Fsp3) is 0.231. The van der Waals surface area contributed by atoms with Gasteiger partial charge in [0.25, 0.3) is 0 Å². The molecule has 0 N–H and O–H groups in total. The van der Waals surface area contributed by atoms with E-state index in [-0.39, 0.29) is 6.09 Å². The quantitative estimate of drug-likeness (QED) is 0.347. The molecule has 0 aromatic heterocycles. The molecule has 2 rings (SSSR count). The molecule has 5 nitrogen and oxygen atoms in total. The zero-order valence-corrected chi connectivity index (χ0v) is 10.2. The average molecular weight is 247 g/mol. The third-order valence-corrected chi connectivity index (χ3v) is 1.80. The maximum atomic E-state index is 10.4. The molecule has 0 unspecified atom stereocenters. The number of ether oxygens (including phenoxy) is 1. The molecule has 1 aromatic carbocycles. The highest BCUT2D eigenvalue weighted by Gasteiger charge is 2.35. The number of carbonyl (C=O) groups excluding carboxylic acids is 2. The van der Waals surface area contributed by atoms with Gasteiger partial charge in [-0.05, 0) is 26.0 Å². The first kappa shape index (κ1) is 13.6. The fourth-order valence-corrected chi connectivity index (χ4v) is 1.05. The van der Waals surface area contributed by atoms with E-state index >= 15 is 0 Å². The van der Waals surface area contributed by atoms with Crippen LogP contribution in [0.1, 0.15) is 13.8 Å². The van der Waals surface area contributed by atoms with Gasteiger partial charge in [0.15, 0.2) is 0 Å². The third kappa shape index (κ3) is 4.58. The van der Waals surface area contributed by atoms with Gasteiger partial charge in [-0.2, -0.15) is 0 Å². The van der Waals surface area contributed by atoms with Crippen molar-refractivity contribution in [3.05, 3.63) is 30.3 Å². The van der Waals surface area contributed by atoms with Gasteiger partial charge >= 0.3 is 12.1 Å². The van der Waals surface area contributed by atoms with Crippen LogP contribution in [0.25, 0.3) is 0 Å². The van der Waals surface area contributed by atoms with E-state index in [0.717, 1.165) is 5.69 Å². The fourth-order valence-electron chi connectivity index (χ4n) is 1.05. The molecule has 1 saturated heterocycles. The van der Waals surface area contributed by atoms with Crippen molar-refractivity contribution in [3.63, 3.8) is 0 Å². The molecule has 0 bridgehead atoms. The van der Waals surface area contributed by atoms with Gasteiger partial charge in [0, 0.05) is 5.92 Å². The summed E-state index contributed by atoms with van der Waals surface area (Å²) in [6, 6.07) is 9.21. The predicted molar refractivity (Wildman–Crippen MR) is 65.5 cm³/mol. The lowest BCUT2D eigenvalue weighted by Gasteiger charge is -1.90. The van der Waals surface area contributed by atoms with Gasteiger partial charge in [-0.3, -0.25) is 0 Å². The van der Waals surface area contributed by atoms with Crippen molar-refractivity contribution in [1.29, 1.82) is 0 Å². The van der Waals surface area contributed by atoms with E-state index in [1.54, 1.807) is 13.8 Å². The first-order valence-corrected chi connectivity index (χ1v) is 5.35. The van der Waals surface area contributed by atoms with Gasteiger partial charge in [-0.1, -0.05) is 29.2 Å². The highest BCUT2D eigenvalue weighted by molar-refractivity contribution is 5.97. The van der Waals surface area contributed by atoms with Crippen LogP contribution in [0, 0.1) is 11.8 Å². The summed E-state index contributed by atoms with van der Waals surface area (Å²) in [5.74, 6) is 4.21. The van der Waals surface area contributed by atoms with Crippen LogP contribution in [-0.2, 0) is 14.4 Å². The van der Waals surface area contributed by atoms with Crippen molar-refractivity contribution in [2.45, 2.75) is 13.8 Å². The second-order valence-electron chi connectivity index (χ2n) is 3.08. The van der Waals surface area contributed by atoms with Crippen LogP contribution >= 0.6 is 0 Å². The van der Waals surface area contributed by atoms with Crippen LogP contribution in [0.4, 0.5) is 10.5 Å². The Balaban J connectivity index is 0.000000187. The number of hydrogen-bond acceptors (Lipinski definition) is 4. The standard InChI is InChI=1S/C7H5NO2.C6H8O2/c9-7-8(10-7)6-4-2-1-3-5-6;1-3-5-6(7)8-4-2/h1-5H;4H2,1-2H3. The zero-order chi connectivity index (χ0) is 13.4. The number of carbonyl (C=O) groups is 2. The number of amides is 1. The molecule has 1 fully saturated rings. The van der Waals surface area contributed by atoms with Crippen LogP contribution in [0.15, 0.2) is 30.3 Å². The molecule has 1 aliphatic heterocycles. The van der Waals surface area contributed by atoms with E-state index in [1.165, 1.54) is 5.06 Å². The van der Waals surface area contributed by atoms with E-state index in [2.05, 4.69) is 21.4 Å². The van der Waals surface area contributed by atoms with E-state index < -0.39 is 5.97 Å². The molecule has 18 heavy (non-hydrogen) atoms. The van der Waals surface area contributed by atoms with Crippen LogP contribution < -0.4 is 5.06 Å². The molecule has 0 radical (unpaired) electrons. The number of rotatable bonds is 2. The Morgan fingerprint density at radius 3 is 2.44 bits per heavy atom. The molecular formula is C13H13NO4. The van der Waals surface area contributed by atoms with Crippen LogP contribution in [-0.4, -0.2) is 18.7 Å². The monoisotopic (exact) mass is 247 g/mol. The molecule has 1 aliphatic rings. The number of esters is 1. The summed E-state index contributed by atoms with van der Waals surface area (Å²) < 4.78 is 4.47. The van der Waals surface area contributed by atoms with Gasteiger partial charge in [-0.15, -0.1) is 0 Å². The molecule has 94 valence electrons. The van der Waals surface area contributed by atoms with Gasteiger partial charge in [-0.25, -0.2) is 9.59 Å². The molecule has 0 saturated carbocycles. The first-order chi connectivity index (χ1) is 8.69. The minimum atomic E-state index is -0.449. The number of nitrogens with zero attached hydrogens (tertiary/aromatic N) is 1. The van der Waals surface area contributed by atoms with Crippen molar-refractivity contribution in [1.82, 2.24) is 0 Å². The first-order valence-electron chi connectivity index (χ1n) is 5.35. The second-order valence-corrected chi connectivity index (χ2v) is 3.08. The Kier molecular flexibility index (Phi) is 5.26. The van der Waals surface area contributed by atoms with Crippen molar-refractivity contribution in [2.75, 3.05) is 11.7 Å². The summed E-state index contributed by atoms with van der Waals surface area (Å²) in [6.45, 7) is 3.74. The number of hydroxylamine groups is 1.